The van der Waals surface area contributed by atoms with Crippen LogP contribution in [0.1, 0.15) is 39.0 Å². The van der Waals surface area contributed by atoms with Crippen LogP contribution in [0.25, 0.3) is 0 Å². The standard InChI is InChI=1S/C23H34N2O6/c1-4-7-12-24(11-5-2)21(28)19-23-10-9-16(31-23)17(22(29)30-15-6-3)18(23)20(27)25(19)13-8-14-26/h5-6,16-19,26H,2-4,7-15H2,1H3/t16-,17+,18+,19?,23?/m1/s1. The van der Waals surface area contributed by atoms with Gasteiger partial charge in [-0.05, 0) is 25.7 Å². The Balaban J connectivity index is 1.96. The van der Waals surface area contributed by atoms with Crippen LogP contribution in [0.5, 0.6) is 0 Å². The second kappa shape index (κ2) is 9.96. The molecule has 5 atom stereocenters. The van der Waals surface area contributed by atoms with Crippen LogP contribution in [-0.4, -0.2) is 83.3 Å². The molecule has 3 saturated heterocycles. The van der Waals surface area contributed by atoms with Crippen molar-refractivity contribution in [3.05, 3.63) is 25.3 Å². The fourth-order valence-electron chi connectivity index (χ4n) is 5.39. The Bertz CT molecular complexity index is 725. The molecule has 0 radical (unpaired) electrons. The van der Waals surface area contributed by atoms with Crippen LogP contribution in [0.3, 0.4) is 0 Å². The predicted molar refractivity (Wildman–Crippen MR) is 114 cm³/mol. The maximum Gasteiger partial charge on any atom is 0.312 e. The second-order valence-corrected chi connectivity index (χ2v) is 8.51. The van der Waals surface area contributed by atoms with Crippen molar-refractivity contribution in [1.29, 1.82) is 0 Å². The molecule has 8 heteroatoms. The SMILES string of the molecule is C=CCOC(=O)[C@@H]1[C@H]2C(=O)N(CCCO)C(C(=O)N(CC=C)CCCC)C23CC[C@H]1O3. The number of rotatable bonds is 12. The summed E-state index contributed by atoms with van der Waals surface area (Å²) in [6.45, 7) is 10.5. The topological polar surface area (TPSA) is 96.4 Å². The summed E-state index contributed by atoms with van der Waals surface area (Å²) in [5.74, 6) is -2.38. The normalized spacial score (nSPS) is 30.9. The Morgan fingerprint density at radius 1 is 1.35 bits per heavy atom. The lowest BCUT2D eigenvalue weighted by Crippen LogP contribution is -2.56. The average molecular weight is 435 g/mol. The first-order chi connectivity index (χ1) is 15.0. The molecule has 2 unspecified atom stereocenters. The maximum atomic E-state index is 13.7. The first-order valence-electron chi connectivity index (χ1n) is 11.2. The Labute approximate surface area is 183 Å². The molecule has 3 rings (SSSR count). The van der Waals surface area contributed by atoms with Crippen molar-refractivity contribution in [3.8, 4) is 0 Å². The van der Waals surface area contributed by atoms with Crippen LogP contribution in [0.15, 0.2) is 25.3 Å². The lowest BCUT2D eigenvalue weighted by atomic mass is 9.70. The number of esters is 1. The number of ether oxygens (including phenoxy) is 2. The summed E-state index contributed by atoms with van der Waals surface area (Å²) in [7, 11) is 0. The van der Waals surface area contributed by atoms with E-state index in [0.717, 1.165) is 12.8 Å². The Morgan fingerprint density at radius 3 is 2.77 bits per heavy atom. The van der Waals surface area contributed by atoms with Gasteiger partial charge in [0.1, 0.15) is 18.2 Å². The van der Waals surface area contributed by atoms with Gasteiger partial charge in [0.15, 0.2) is 0 Å². The minimum atomic E-state index is -1.03. The quantitative estimate of drug-likeness (QED) is 0.367. The minimum absolute atomic E-state index is 0.0662. The molecule has 1 N–H and O–H groups in total. The van der Waals surface area contributed by atoms with E-state index >= 15 is 0 Å². The van der Waals surface area contributed by atoms with E-state index in [2.05, 4.69) is 20.1 Å². The number of likely N-dealkylation sites (tertiary alicyclic amines) is 1. The molecular formula is C23H34N2O6. The van der Waals surface area contributed by atoms with Crippen molar-refractivity contribution < 1.29 is 29.0 Å². The van der Waals surface area contributed by atoms with Crippen molar-refractivity contribution >= 4 is 17.8 Å². The van der Waals surface area contributed by atoms with Crippen molar-refractivity contribution in [2.75, 3.05) is 32.8 Å². The highest BCUT2D eigenvalue weighted by molar-refractivity contribution is 5.98. The van der Waals surface area contributed by atoms with Crippen LogP contribution in [0.4, 0.5) is 0 Å². The van der Waals surface area contributed by atoms with Crippen molar-refractivity contribution in [2.24, 2.45) is 11.8 Å². The third kappa shape index (κ3) is 4.03. The van der Waals surface area contributed by atoms with Crippen molar-refractivity contribution in [1.82, 2.24) is 9.80 Å². The molecule has 0 saturated carbocycles. The number of aliphatic hydroxyl groups is 1. The number of unbranched alkanes of at least 4 members (excludes halogenated alkanes) is 1. The predicted octanol–water partition coefficient (Wildman–Crippen LogP) is 1.29. The molecule has 0 aromatic rings. The van der Waals surface area contributed by atoms with Gasteiger partial charge in [-0.3, -0.25) is 14.4 Å². The Hall–Kier alpha value is -2.19. The highest BCUT2D eigenvalue weighted by Crippen LogP contribution is 2.58. The fraction of sp³-hybridized carbons (Fsp3) is 0.696. The molecule has 0 aromatic carbocycles. The van der Waals surface area contributed by atoms with E-state index < -0.39 is 35.6 Å². The van der Waals surface area contributed by atoms with Gasteiger partial charge in [0, 0.05) is 26.2 Å². The summed E-state index contributed by atoms with van der Waals surface area (Å²) < 4.78 is 11.6. The molecule has 2 bridgehead atoms. The molecule has 3 fully saturated rings. The minimum Gasteiger partial charge on any atom is -0.461 e. The first kappa shape index (κ1) is 23.5. The summed E-state index contributed by atoms with van der Waals surface area (Å²) >= 11 is 0. The van der Waals surface area contributed by atoms with E-state index in [4.69, 9.17) is 9.47 Å². The summed E-state index contributed by atoms with van der Waals surface area (Å²) in [5.41, 5.74) is -1.03. The maximum absolute atomic E-state index is 13.7. The first-order valence-corrected chi connectivity index (χ1v) is 11.2. The van der Waals surface area contributed by atoms with Gasteiger partial charge in [-0.15, -0.1) is 6.58 Å². The van der Waals surface area contributed by atoms with Gasteiger partial charge in [-0.1, -0.05) is 32.1 Å². The Kier molecular flexibility index (Phi) is 7.54. The summed E-state index contributed by atoms with van der Waals surface area (Å²) in [6, 6.07) is -0.810. The highest BCUT2D eigenvalue weighted by Gasteiger charge is 2.74. The fourth-order valence-corrected chi connectivity index (χ4v) is 5.39. The van der Waals surface area contributed by atoms with Gasteiger partial charge >= 0.3 is 5.97 Å². The number of aliphatic hydroxyl groups excluding tert-OH is 1. The van der Waals surface area contributed by atoms with Gasteiger partial charge in [-0.25, -0.2) is 0 Å². The molecule has 8 nitrogen and oxygen atoms in total. The van der Waals surface area contributed by atoms with Crippen LogP contribution in [0.2, 0.25) is 0 Å². The van der Waals surface area contributed by atoms with E-state index in [0.29, 0.717) is 32.4 Å². The molecular weight excluding hydrogens is 400 g/mol. The summed E-state index contributed by atoms with van der Waals surface area (Å²) in [5, 5.41) is 9.36. The van der Waals surface area contributed by atoms with Gasteiger partial charge in [0.05, 0.1) is 17.9 Å². The van der Waals surface area contributed by atoms with Crippen molar-refractivity contribution in [2.45, 2.75) is 56.8 Å². The molecule has 3 heterocycles. The van der Waals surface area contributed by atoms with Crippen LogP contribution < -0.4 is 0 Å². The molecule has 31 heavy (non-hydrogen) atoms. The average Bonchev–Trinajstić information content (AvgIpc) is 3.40. The van der Waals surface area contributed by atoms with Crippen molar-refractivity contribution in [3.63, 3.8) is 0 Å². The van der Waals surface area contributed by atoms with E-state index in [1.54, 1.807) is 11.0 Å². The number of hydrogen-bond acceptors (Lipinski definition) is 6. The van der Waals surface area contributed by atoms with E-state index in [1.165, 1.54) is 11.0 Å². The number of fused-ring (bicyclic) bond motifs is 1. The van der Waals surface area contributed by atoms with Gasteiger partial charge < -0.3 is 24.4 Å². The van der Waals surface area contributed by atoms with Crippen LogP contribution >= 0.6 is 0 Å². The monoisotopic (exact) mass is 434 g/mol. The summed E-state index contributed by atoms with van der Waals surface area (Å²) in [4.78, 5) is 43.3. The van der Waals surface area contributed by atoms with Gasteiger partial charge in [-0.2, -0.15) is 0 Å². The van der Waals surface area contributed by atoms with E-state index in [-0.39, 0.29) is 31.6 Å². The zero-order chi connectivity index (χ0) is 22.6. The second-order valence-electron chi connectivity index (χ2n) is 8.51. The molecule has 3 aliphatic rings. The summed E-state index contributed by atoms with van der Waals surface area (Å²) in [6.07, 6.45) is 6.01. The molecule has 0 aliphatic carbocycles. The molecule has 1 spiro atoms. The van der Waals surface area contributed by atoms with Gasteiger partial charge in [0.2, 0.25) is 11.8 Å². The van der Waals surface area contributed by atoms with E-state index in [1.807, 2.05) is 0 Å². The third-order valence-corrected chi connectivity index (χ3v) is 6.65. The van der Waals surface area contributed by atoms with E-state index in [9.17, 15) is 19.5 Å². The number of carbonyl (C=O) groups excluding carboxylic acids is 3. The number of carbonyl (C=O) groups is 3. The lowest BCUT2D eigenvalue weighted by Gasteiger charge is -2.36. The largest absolute Gasteiger partial charge is 0.461 e. The number of nitrogens with zero attached hydrogens (tertiary/aromatic N) is 2. The molecule has 3 aliphatic heterocycles. The lowest BCUT2D eigenvalue weighted by molar-refractivity contribution is -0.154. The number of amides is 2. The molecule has 172 valence electrons. The van der Waals surface area contributed by atoms with Gasteiger partial charge in [0.25, 0.3) is 0 Å². The zero-order valence-corrected chi connectivity index (χ0v) is 18.3. The number of hydrogen-bond donors (Lipinski definition) is 1. The van der Waals surface area contributed by atoms with Crippen LogP contribution in [0, 0.1) is 11.8 Å². The smallest absolute Gasteiger partial charge is 0.312 e. The molecule has 2 amide bonds. The molecule has 0 aromatic heterocycles. The highest BCUT2D eigenvalue weighted by atomic mass is 16.6. The zero-order valence-electron chi connectivity index (χ0n) is 18.3. The Morgan fingerprint density at radius 2 is 2.13 bits per heavy atom. The van der Waals surface area contributed by atoms with Crippen LogP contribution in [-0.2, 0) is 23.9 Å². The third-order valence-electron chi connectivity index (χ3n) is 6.65.